The van der Waals surface area contributed by atoms with Crippen LogP contribution in [0.1, 0.15) is 39.3 Å². The molecule has 164 valence electrons. The van der Waals surface area contributed by atoms with Gasteiger partial charge in [0.05, 0.1) is 24.7 Å². The highest BCUT2D eigenvalue weighted by Gasteiger charge is 2.13. The van der Waals surface area contributed by atoms with Gasteiger partial charge in [0.1, 0.15) is 11.6 Å². The first-order valence-electron chi connectivity index (χ1n) is 11.0. The molecule has 0 saturated carbocycles. The average molecular weight is 428 g/mol. The Labute approximate surface area is 189 Å². The fourth-order valence-corrected chi connectivity index (χ4v) is 4.11. The number of aromatic nitrogens is 2. The van der Waals surface area contributed by atoms with E-state index in [1.807, 2.05) is 68.4 Å². The molecule has 0 bridgehead atoms. The minimum Gasteiger partial charge on any atom is -0.496 e. The van der Waals surface area contributed by atoms with Crippen molar-refractivity contribution in [3.8, 4) is 5.75 Å². The molecule has 1 N–H and O–H groups in total. The summed E-state index contributed by atoms with van der Waals surface area (Å²) in [7, 11) is 1.70. The number of para-hydroxylation sites is 3. The highest BCUT2D eigenvalue weighted by atomic mass is 16.5. The summed E-state index contributed by atoms with van der Waals surface area (Å²) in [5, 5.41) is 3.05. The molecular weight excluding hydrogens is 398 g/mol. The van der Waals surface area contributed by atoms with Gasteiger partial charge in [0.2, 0.25) is 0 Å². The number of methoxy groups -OCH3 is 1. The SMILES string of the molecule is COc1ccccc1Cn1c(CCCNC(=O)c2ccc(C)cc2C)nc2ccccc21. The van der Waals surface area contributed by atoms with Gasteiger partial charge in [-0.1, -0.05) is 48.0 Å². The Morgan fingerprint density at radius 2 is 1.81 bits per heavy atom. The van der Waals surface area contributed by atoms with Gasteiger partial charge in [-0.3, -0.25) is 4.79 Å². The van der Waals surface area contributed by atoms with Gasteiger partial charge in [-0.25, -0.2) is 4.98 Å². The van der Waals surface area contributed by atoms with E-state index in [-0.39, 0.29) is 5.91 Å². The van der Waals surface area contributed by atoms with Gasteiger partial charge in [0.25, 0.3) is 5.91 Å². The maximum atomic E-state index is 12.6. The monoisotopic (exact) mass is 427 g/mol. The summed E-state index contributed by atoms with van der Waals surface area (Å²) in [5.41, 5.74) is 6.10. The molecule has 0 aliphatic carbocycles. The molecule has 0 aliphatic rings. The lowest BCUT2D eigenvalue weighted by atomic mass is 10.1. The van der Waals surface area contributed by atoms with Crippen LogP contribution in [0.15, 0.2) is 66.7 Å². The Balaban J connectivity index is 1.47. The number of fused-ring (bicyclic) bond motifs is 1. The van der Waals surface area contributed by atoms with E-state index < -0.39 is 0 Å². The van der Waals surface area contributed by atoms with Crippen molar-refractivity contribution >= 4 is 16.9 Å². The Hall–Kier alpha value is -3.60. The molecule has 3 aromatic carbocycles. The highest BCUT2D eigenvalue weighted by Crippen LogP contribution is 2.23. The van der Waals surface area contributed by atoms with Crippen molar-refractivity contribution in [1.29, 1.82) is 0 Å². The number of nitrogens with zero attached hydrogens (tertiary/aromatic N) is 2. The number of benzene rings is 3. The predicted molar refractivity (Wildman–Crippen MR) is 128 cm³/mol. The standard InChI is InChI=1S/C27H29N3O2/c1-19-14-15-22(20(2)17-19)27(31)28-16-8-13-26-29-23-10-5-6-11-24(23)30(26)18-21-9-4-7-12-25(21)32-3/h4-7,9-12,14-15,17H,8,13,16,18H2,1-3H3,(H,28,31). The van der Waals surface area contributed by atoms with Gasteiger partial charge in [-0.05, 0) is 50.1 Å². The van der Waals surface area contributed by atoms with E-state index in [9.17, 15) is 4.79 Å². The lowest BCUT2D eigenvalue weighted by molar-refractivity contribution is 0.0952. The van der Waals surface area contributed by atoms with Crippen LogP contribution in [-0.2, 0) is 13.0 Å². The topological polar surface area (TPSA) is 56.1 Å². The van der Waals surface area contributed by atoms with E-state index in [0.717, 1.165) is 57.7 Å². The summed E-state index contributed by atoms with van der Waals surface area (Å²) in [5.74, 6) is 1.86. The third-order valence-corrected chi connectivity index (χ3v) is 5.74. The number of carbonyl (C=O) groups is 1. The fraction of sp³-hybridized carbons (Fsp3) is 0.259. The maximum absolute atomic E-state index is 12.6. The third-order valence-electron chi connectivity index (χ3n) is 5.74. The van der Waals surface area contributed by atoms with Crippen molar-refractivity contribution in [2.45, 2.75) is 33.2 Å². The first kappa shape index (κ1) is 21.6. The number of nitrogens with one attached hydrogen (secondary N) is 1. The molecule has 0 atom stereocenters. The maximum Gasteiger partial charge on any atom is 0.251 e. The molecule has 4 rings (SSSR count). The number of hydrogen-bond donors (Lipinski definition) is 1. The number of imidazole rings is 1. The molecule has 0 saturated heterocycles. The average Bonchev–Trinajstić information content (AvgIpc) is 3.14. The predicted octanol–water partition coefficient (Wildman–Crippen LogP) is 5.07. The zero-order valence-corrected chi connectivity index (χ0v) is 18.9. The van der Waals surface area contributed by atoms with Crippen LogP contribution in [0, 0.1) is 13.8 Å². The Bertz CT molecular complexity index is 1240. The minimum absolute atomic E-state index is 0.0231. The number of amides is 1. The summed E-state index contributed by atoms with van der Waals surface area (Å²) in [6, 6.07) is 22.2. The van der Waals surface area contributed by atoms with E-state index in [1.54, 1.807) is 7.11 Å². The summed E-state index contributed by atoms with van der Waals surface area (Å²) in [4.78, 5) is 17.4. The van der Waals surface area contributed by atoms with E-state index in [2.05, 4.69) is 22.0 Å². The van der Waals surface area contributed by atoms with Crippen LogP contribution in [0.5, 0.6) is 5.75 Å². The van der Waals surface area contributed by atoms with Gasteiger partial charge in [0, 0.05) is 24.1 Å². The second-order valence-corrected chi connectivity index (χ2v) is 8.09. The molecule has 0 fully saturated rings. The molecule has 5 nitrogen and oxygen atoms in total. The summed E-state index contributed by atoms with van der Waals surface area (Å²) in [6.45, 7) is 5.30. The van der Waals surface area contributed by atoms with Crippen molar-refractivity contribution in [1.82, 2.24) is 14.9 Å². The molecule has 0 radical (unpaired) electrons. The molecule has 0 aliphatic heterocycles. The Kier molecular flexibility index (Phi) is 6.55. The molecule has 1 heterocycles. The molecule has 32 heavy (non-hydrogen) atoms. The van der Waals surface area contributed by atoms with Gasteiger partial charge < -0.3 is 14.6 Å². The highest BCUT2D eigenvalue weighted by molar-refractivity contribution is 5.95. The van der Waals surface area contributed by atoms with Crippen LogP contribution in [0.4, 0.5) is 0 Å². The summed E-state index contributed by atoms with van der Waals surface area (Å²) >= 11 is 0. The van der Waals surface area contributed by atoms with E-state index in [0.29, 0.717) is 13.1 Å². The molecule has 5 heteroatoms. The second kappa shape index (κ2) is 9.69. The van der Waals surface area contributed by atoms with Crippen LogP contribution in [0.25, 0.3) is 11.0 Å². The lowest BCUT2D eigenvalue weighted by Crippen LogP contribution is -2.25. The van der Waals surface area contributed by atoms with Crippen LogP contribution < -0.4 is 10.1 Å². The quantitative estimate of drug-likeness (QED) is 0.399. The molecule has 4 aromatic rings. The zero-order valence-electron chi connectivity index (χ0n) is 18.9. The first-order valence-corrected chi connectivity index (χ1v) is 11.0. The van der Waals surface area contributed by atoms with E-state index >= 15 is 0 Å². The smallest absolute Gasteiger partial charge is 0.251 e. The first-order chi connectivity index (χ1) is 15.6. The lowest BCUT2D eigenvalue weighted by Gasteiger charge is -2.13. The molecule has 0 unspecified atom stereocenters. The number of rotatable bonds is 8. The molecule has 1 aromatic heterocycles. The van der Waals surface area contributed by atoms with Gasteiger partial charge in [-0.2, -0.15) is 0 Å². The zero-order chi connectivity index (χ0) is 22.5. The van der Waals surface area contributed by atoms with E-state index in [1.165, 1.54) is 0 Å². The fourth-order valence-electron chi connectivity index (χ4n) is 4.11. The summed E-state index contributed by atoms with van der Waals surface area (Å²) < 4.78 is 7.80. The normalized spacial score (nSPS) is 11.0. The second-order valence-electron chi connectivity index (χ2n) is 8.09. The molecule has 1 amide bonds. The molecule has 0 spiro atoms. The Morgan fingerprint density at radius 3 is 2.62 bits per heavy atom. The minimum atomic E-state index is -0.0231. The number of ether oxygens (including phenoxy) is 1. The number of hydrogen-bond acceptors (Lipinski definition) is 3. The van der Waals surface area contributed by atoms with Gasteiger partial charge in [0.15, 0.2) is 0 Å². The number of carbonyl (C=O) groups excluding carboxylic acids is 1. The molecular formula is C27H29N3O2. The van der Waals surface area contributed by atoms with Gasteiger partial charge >= 0.3 is 0 Å². The van der Waals surface area contributed by atoms with Crippen LogP contribution in [0.2, 0.25) is 0 Å². The van der Waals surface area contributed by atoms with Crippen molar-refractivity contribution in [3.05, 3.63) is 94.8 Å². The van der Waals surface area contributed by atoms with E-state index in [4.69, 9.17) is 9.72 Å². The Morgan fingerprint density at radius 1 is 1.03 bits per heavy atom. The van der Waals surface area contributed by atoms with Crippen molar-refractivity contribution in [3.63, 3.8) is 0 Å². The van der Waals surface area contributed by atoms with Gasteiger partial charge in [-0.15, -0.1) is 0 Å². The van der Waals surface area contributed by atoms with Crippen molar-refractivity contribution < 1.29 is 9.53 Å². The van der Waals surface area contributed by atoms with Crippen LogP contribution in [0.3, 0.4) is 0 Å². The largest absolute Gasteiger partial charge is 0.496 e. The van der Waals surface area contributed by atoms with Crippen molar-refractivity contribution in [2.75, 3.05) is 13.7 Å². The van der Waals surface area contributed by atoms with Crippen molar-refractivity contribution in [2.24, 2.45) is 0 Å². The van der Waals surface area contributed by atoms with Crippen LogP contribution in [-0.4, -0.2) is 29.1 Å². The van der Waals surface area contributed by atoms with Crippen LogP contribution >= 0.6 is 0 Å². The summed E-state index contributed by atoms with van der Waals surface area (Å²) in [6.07, 6.45) is 1.59. The third kappa shape index (κ3) is 4.67. The number of aryl methyl sites for hydroxylation is 3.